The van der Waals surface area contributed by atoms with Gasteiger partial charge in [-0.25, -0.2) is 0 Å². The van der Waals surface area contributed by atoms with Crippen LogP contribution in [0.3, 0.4) is 0 Å². The van der Waals surface area contributed by atoms with Crippen LogP contribution >= 0.6 is 11.3 Å². The van der Waals surface area contributed by atoms with E-state index in [1.165, 1.54) is 42.4 Å². The van der Waals surface area contributed by atoms with Crippen LogP contribution in [0, 0.1) is 6.92 Å². The average molecular weight is 686 g/mol. The van der Waals surface area contributed by atoms with Crippen molar-refractivity contribution in [1.82, 2.24) is 5.32 Å². The molecule has 256 valence electrons. The van der Waals surface area contributed by atoms with E-state index in [0.717, 1.165) is 29.0 Å². The maximum atomic E-state index is 5.61. The summed E-state index contributed by atoms with van der Waals surface area (Å²) >= 11 is 1.84. The van der Waals surface area contributed by atoms with Gasteiger partial charge in [0.1, 0.15) is 0 Å². The van der Waals surface area contributed by atoms with Crippen molar-refractivity contribution in [2.75, 3.05) is 11.9 Å². The van der Waals surface area contributed by atoms with Gasteiger partial charge in [0.25, 0.3) is 0 Å². The largest absolute Gasteiger partial charge is 0.324 e. The quantitative estimate of drug-likeness (QED) is 0.190. The lowest BCUT2D eigenvalue weighted by atomic mass is 9.98. The van der Waals surface area contributed by atoms with E-state index < -0.39 is 0 Å². The minimum Gasteiger partial charge on any atom is -0.324 e. The van der Waals surface area contributed by atoms with Crippen LogP contribution in [-0.2, 0) is 6.54 Å². The third-order valence-electron chi connectivity index (χ3n) is 8.41. The maximum absolute atomic E-state index is 5.61. The highest BCUT2D eigenvalue weighted by atomic mass is 32.1. The first-order valence-corrected chi connectivity index (χ1v) is 18.0. The molecule has 0 saturated carbocycles. The molecule has 2 heterocycles. The summed E-state index contributed by atoms with van der Waals surface area (Å²) in [5, 5.41) is 5.67. The minimum atomic E-state index is 0.159. The van der Waals surface area contributed by atoms with Gasteiger partial charge in [0.2, 0.25) is 0 Å². The molecule has 1 unspecified atom stereocenters. The first-order chi connectivity index (χ1) is 24.8. The van der Waals surface area contributed by atoms with Crippen LogP contribution in [0.2, 0.25) is 0 Å². The number of allylic oxidation sites excluding steroid dienone is 8. The molecule has 1 atom stereocenters. The summed E-state index contributed by atoms with van der Waals surface area (Å²) in [6, 6.07) is 44.3. The summed E-state index contributed by atoms with van der Waals surface area (Å²) in [6.07, 6.45) is 14.5. The number of hydrogen-bond donors (Lipinski definition) is 2. The van der Waals surface area contributed by atoms with Gasteiger partial charge in [0, 0.05) is 50.8 Å². The van der Waals surface area contributed by atoms with Gasteiger partial charge in [-0.15, -0.1) is 11.3 Å². The number of nitrogens with zero attached hydrogens (tertiary/aromatic N) is 1. The van der Waals surface area contributed by atoms with Crippen LogP contribution in [0.5, 0.6) is 0 Å². The summed E-state index contributed by atoms with van der Waals surface area (Å²) in [4.78, 5) is 2.14. The van der Waals surface area contributed by atoms with Gasteiger partial charge in [-0.2, -0.15) is 0 Å². The number of fused-ring (bicyclic) bond motifs is 3. The number of nitrogens with two attached hydrogens (primary N) is 1. The fourth-order valence-corrected chi connectivity index (χ4v) is 6.79. The number of aryl methyl sites for hydroxylation is 1. The molecule has 3 nitrogen and oxygen atoms in total. The van der Waals surface area contributed by atoms with Crippen molar-refractivity contribution < 1.29 is 0 Å². The summed E-state index contributed by atoms with van der Waals surface area (Å²) < 4.78 is 2.59. The SMILES string of the molecule is C=C1/C=C\C=C/N(c2ccc(C)cc2)/C=C\C(c2cccc3c2sc2ccccc23)=C/C1=C.CC(N)c1ccccc1.CNCc1ccccc1. The van der Waals surface area contributed by atoms with Crippen LogP contribution in [0.25, 0.3) is 25.7 Å². The highest BCUT2D eigenvalue weighted by Crippen LogP contribution is 2.39. The maximum Gasteiger partial charge on any atom is 0.0449 e. The van der Waals surface area contributed by atoms with Crippen LogP contribution in [0.4, 0.5) is 5.69 Å². The molecule has 0 fully saturated rings. The van der Waals surface area contributed by atoms with Crippen molar-refractivity contribution in [3.63, 3.8) is 0 Å². The smallest absolute Gasteiger partial charge is 0.0449 e. The number of benzene rings is 5. The third-order valence-corrected chi connectivity index (χ3v) is 9.63. The van der Waals surface area contributed by atoms with Crippen LogP contribution in [-0.4, -0.2) is 7.05 Å². The first kappa shape index (κ1) is 36.8. The molecule has 0 aliphatic carbocycles. The van der Waals surface area contributed by atoms with E-state index in [4.69, 9.17) is 5.73 Å². The van der Waals surface area contributed by atoms with E-state index in [-0.39, 0.29) is 6.04 Å². The molecule has 3 N–H and O–H groups in total. The Hall–Kier alpha value is -5.52. The van der Waals surface area contributed by atoms with Gasteiger partial charge in [0.15, 0.2) is 0 Å². The fourth-order valence-electron chi connectivity index (χ4n) is 5.55. The zero-order valence-corrected chi connectivity index (χ0v) is 30.6. The predicted molar refractivity (Wildman–Crippen MR) is 225 cm³/mol. The molecular formula is C47H47N3S. The molecule has 1 aromatic heterocycles. The van der Waals surface area contributed by atoms with E-state index in [0.29, 0.717) is 0 Å². The van der Waals surface area contributed by atoms with Crippen LogP contribution in [0.15, 0.2) is 194 Å². The number of nitrogens with one attached hydrogen (secondary N) is 1. The molecule has 6 aromatic rings. The normalized spacial score (nSPS) is 16.4. The lowest BCUT2D eigenvalue weighted by molar-refractivity contribution is 0.818. The zero-order chi connectivity index (χ0) is 36.0. The monoisotopic (exact) mass is 685 g/mol. The van der Waals surface area contributed by atoms with Gasteiger partial charge in [-0.1, -0.05) is 140 Å². The topological polar surface area (TPSA) is 41.3 Å². The molecule has 0 amide bonds. The molecule has 51 heavy (non-hydrogen) atoms. The van der Waals surface area contributed by atoms with Crippen molar-refractivity contribution in [2.45, 2.75) is 26.4 Å². The minimum absolute atomic E-state index is 0.159. The third kappa shape index (κ3) is 10.3. The Morgan fingerprint density at radius 3 is 2.06 bits per heavy atom. The molecule has 1 aliphatic heterocycles. The number of anilines is 1. The van der Waals surface area contributed by atoms with E-state index in [1.54, 1.807) is 0 Å². The van der Waals surface area contributed by atoms with Crippen LogP contribution < -0.4 is 16.0 Å². The van der Waals surface area contributed by atoms with Crippen LogP contribution in [0.1, 0.15) is 35.2 Å². The van der Waals surface area contributed by atoms with E-state index in [2.05, 4.69) is 134 Å². The Balaban J connectivity index is 0.000000228. The first-order valence-electron chi connectivity index (χ1n) is 17.2. The van der Waals surface area contributed by atoms with Gasteiger partial charge in [0.05, 0.1) is 0 Å². The van der Waals surface area contributed by atoms with Crippen molar-refractivity contribution in [1.29, 1.82) is 0 Å². The number of hydrogen-bond acceptors (Lipinski definition) is 4. The van der Waals surface area contributed by atoms with Gasteiger partial charge >= 0.3 is 0 Å². The lowest BCUT2D eigenvalue weighted by Gasteiger charge is -2.16. The molecule has 0 radical (unpaired) electrons. The Kier molecular flexibility index (Phi) is 13.3. The molecule has 7 rings (SSSR count). The van der Waals surface area contributed by atoms with Crippen molar-refractivity contribution >= 4 is 42.8 Å². The number of rotatable bonds is 5. The molecule has 0 spiro atoms. The molecule has 0 saturated heterocycles. The number of thiophene rings is 1. The lowest BCUT2D eigenvalue weighted by Crippen LogP contribution is -2.06. The molecular weight excluding hydrogens is 639 g/mol. The van der Waals surface area contributed by atoms with Gasteiger partial charge in [-0.05, 0) is 90.7 Å². The van der Waals surface area contributed by atoms with E-state index in [9.17, 15) is 0 Å². The molecule has 0 bridgehead atoms. The zero-order valence-electron chi connectivity index (χ0n) is 29.8. The Labute approximate surface area is 307 Å². The standard InChI is InChI=1S/C31H25NS.2C8H11N/c1-22-14-16-26(17-15-22)32-19-7-6-9-23(2)24(3)21-25(18-20-32)27-11-8-12-29-28-10-4-5-13-30(28)33-31(27)29;1-9-7-8-5-3-2-4-6-8;1-7(9)8-5-3-2-4-6-8/h4-21H,2-3H2,1H3;2-6,9H,7H2,1H3;2-7H,9H2,1H3/b9-6-,19-7-,20-18-,25-21+;;. The Morgan fingerprint density at radius 2 is 1.37 bits per heavy atom. The predicted octanol–water partition coefficient (Wildman–Crippen LogP) is 12.1. The summed E-state index contributed by atoms with van der Waals surface area (Å²) in [6.45, 7) is 13.5. The second-order valence-electron chi connectivity index (χ2n) is 12.4. The second-order valence-corrected chi connectivity index (χ2v) is 13.5. The highest BCUT2D eigenvalue weighted by Gasteiger charge is 2.12. The molecule has 5 aromatic carbocycles. The fraction of sp³-hybridized carbons (Fsp3) is 0.106. The van der Waals surface area contributed by atoms with Crippen molar-refractivity contribution in [3.8, 4) is 0 Å². The summed E-state index contributed by atoms with van der Waals surface area (Å²) in [5.41, 5.74) is 14.6. The Bertz CT molecular complexity index is 2170. The van der Waals surface area contributed by atoms with E-state index >= 15 is 0 Å². The highest BCUT2D eigenvalue weighted by molar-refractivity contribution is 7.26. The average Bonchev–Trinajstić information content (AvgIpc) is 3.53. The van der Waals surface area contributed by atoms with Crippen molar-refractivity contribution in [3.05, 3.63) is 217 Å². The molecule has 4 heteroatoms. The van der Waals surface area contributed by atoms with Gasteiger partial charge in [-0.3, -0.25) is 0 Å². The summed E-state index contributed by atoms with van der Waals surface area (Å²) in [7, 11) is 1.95. The second kappa shape index (κ2) is 18.5. The van der Waals surface area contributed by atoms with Gasteiger partial charge < -0.3 is 16.0 Å². The van der Waals surface area contributed by atoms with E-state index in [1.807, 2.05) is 92.1 Å². The van der Waals surface area contributed by atoms with Crippen molar-refractivity contribution in [2.24, 2.45) is 5.73 Å². The molecule has 1 aliphatic rings. The Morgan fingerprint density at radius 1 is 0.706 bits per heavy atom. The summed E-state index contributed by atoms with van der Waals surface area (Å²) in [5.74, 6) is 0.